The number of fused-ring (bicyclic) bond motifs is 1. The fourth-order valence-electron chi connectivity index (χ4n) is 3.29. The van der Waals surface area contributed by atoms with Crippen LogP contribution < -0.4 is 5.32 Å². The van der Waals surface area contributed by atoms with Crippen LogP contribution >= 0.6 is 0 Å². The van der Waals surface area contributed by atoms with Crippen molar-refractivity contribution < 1.29 is 4.52 Å². The summed E-state index contributed by atoms with van der Waals surface area (Å²) in [6, 6.07) is 6.77. The Morgan fingerprint density at radius 2 is 2.21 bits per heavy atom. The van der Waals surface area contributed by atoms with Gasteiger partial charge >= 0.3 is 0 Å². The van der Waals surface area contributed by atoms with Crippen molar-refractivity contribution in [2.24, 2.45) is 0 Å². The number of hydrogen-bond acceptors (Lipinski definition) is 3. The lowest BCUT2D eigenvalue weighted by Gasteiger charge is -2.35. The van der Waals surface area contributed by atoms with Crippen LogP contribution in [0.15, 0.2) is 29.0 Å². The Morgan fingerprint density at radius 3 is 3.00 bits per heavy atom. The highest BCUT2D eigenvalue weighted by molar-refractivity contribution is 5.54. The first kappa shape index (κ1) is 12.3. The van der Waals surface area contributed by atoms with Gasteiger partial charge in [-0.25, -0.2) is 0 Å². The van der Waals surface area contributed by atoms with Crippen LogP contribution in [0.5, 0.6) is 0 Å². The van der Waals surface area contributed by atoms with Crippen LogP contribution in [0.1, 0.15) is 42.1 Å². The average molecular weight is 256 g/mol. The van der Waals surface area contributed by atoms with E-state index in [-0.39, 0.29) is 5.41 Å². The minimum absolute atomic E-state index is 0.0490. The van der Waals surface area contributed by atoms with Crippen molar-refractivity contribution in [3.63, 3.8) is 0 Å². The Bertz CT molecular complexity index is 603. The largest absolute Gasteiger partial charge is 0.384 e. The first-order valence-corrected chi connectivity index (χ1v) is 6.88. The third-order valence-corrected chi connectivity index (χ3v) is 4.34. The van der Waals surface area contributed by atoms with Crippen LogP contribution in [0.3, 0.4) is 0 Å². The first-order valence-electron chi connectivity index (χ1n) is 6.88. The zero-order chi connectivity index (χ0) is 13.5. The first-order chi connectivity index (χ1) is 9.15. The van der Waals surface area contributed by atoms with Crippen LogP contribution in [0.4, 0.5) is 5.69 Å². The maximum absolute atomic E-state index is 5.18. The molecule has 1 aliphatic rings. The van der Waals surface area contributed by atoms with Crippen LogP contribution in [0, 0.1) is 6.92 Å². The maximum Gasteiger partial charge on any atom is 0.147 e. The fraction of sp³-hybridized carbons (Fsp3) is 0.438. The molecule has 1 atom stereocenters. The van der Waals surface area contributed by atoms with E-state index in [1.54, 1.807) is 6.26 Å². The lowest BCUT2D eigenvalue weighted by atomic mass is 9.69. The van der Waals surface area contributed by atoms with Gasteiger partial charge < -0.3 is 9.84 Å². The summed E-state index contributed by atoms with van der Waals surface area (Å²) in [6.07, 6.45) is 5.18. The molecule has 0 spiro atoms. The highest BCUT2D eigenvalue weighted by Gasteiger charge is 2.37. The van der Waals surface area contributed by atoms with E-state index < -0.39 is 0 Å². The Hall–Kier alpha value is -1.77. The summed E-state index contributed by atoms with van der Waals surface area (Å²) in [6.45, 7) is 4.43. The number of aryl methyl sites for hydroxylation is 2. The summed E-state index contributed by atoms with van der Waals surface area (Å²) in [7, 11) is 1.91. The fourth-order valence-corrected chi connectivity index (χ4v) is 3.29. The van der Waals surface area contributed by atoms with Gasteiger partial charge in [0.05, 0.1) is 5.69 Å². The lowest BCUT2D eigenvalue weighted by Crippen LogP contribution is -2.30. The van der Waals surface area contributed by atoms with E-state index in [0.29, 0.717) is 0 Å². The molecule has 0 radical (unpaired) electrons. The van der Waals surface area contributed by atoms with Crippen molar-refractivity contribution in [2.75, 3.05) is 12.4 Å². The minimum Gasteiger partial charge on any atom is -0.384 e. The smallest absolute Gasteiger partial charge is 0.147 e. The Balaban J connectivity index is 2.16. The van der Waals surface area contributed by atoms with E-state index in [9.17, 15) is 0 Å². The Labute approximate surface area is 114 Å². The van der Waals surface area contributed by atoms with Crippen LogP contribution in [0.25, 0.3) is 0 Å². The monoisotopic (exact) mass is 256 g/mol. The van der Waals surface area contributed by atoms with Gasteiger partial charge in [0.25, 0.3) is 0 Å². The summed E-state index contributed by atoms with van der Waals surface area (Å²) in [5.74, 6) is 0. The Kier molecular flexibility index (Phi) is 2.85. The minimum atomic E-state index is -0.0490. The highest BCUT2D eigenvalue weighted by Crippen LogP contribution is 2.44. The number of nitrogens with one attached hydrogen (secondary N) is 1. The predicted molar refractivity (Wildman–Crippen MR) is 76.6 cm³/mol. The molecule has 0 saturated carbocycles. The molecule has 1 aromatic carbocycles. The molecule has 0 aliphatic heterocycles. The molecule has 1 N–H and O–H groups in total. The highest BCUT2D eigenvalue weighted by atomic mass is 16.5. The molecular formula is C16H20N2O. The quantitative estimate of drug-likeness (QED) is 0.891. The summed E-state index contributed by atoms with van der Waals surface area (Å²) >= 11 is 0. The van der Waals surface area contributed by atoms with Crippen LogP contribution in [-0.2, 0) is 11.8 Å². The van der Waals surface area contributed by atoms with E-state index in [1.807, 2.05) is 7.05 Å². The van der Waals surface area contributed by atoms with E-state index >= 15 is 0 Å². The molecule has 3 nitrogen and oxygen atoms in total. The molecule has 0 bridgehead atoms. The molecule has 100 valence electrons. The van der Waals surface area contributed by atoms with Gasteiger partial charge in [0.15, 0.2) is 0 Å². The molecule has 1 aromatic heterocycles. The number of aromatic nitrogens is 1. The van der Waals surface area contributed by atoms with Crippen molar-refractivity contribution in [3.8, 4) is 0 Å². The molecular weight excluding hydrogens is 236 g/mol. The topological polar surface area (TPSA) is 38.1 Å². The van der Waals surface area contributed by atoms with Gasteiger partial charge in [-0.05, 0) is 44.2 Å². The standard InChI is InChI=1S/C16H20N2O/c1-11-6-7-13-12(9-11)5-4-8-16(13,2)15-14(17-3)10-19-18-15/h6-7,9-10,17H,4-5,8H2,1-3H3. The van der Waals surface area contributed by atoms with Crippen molar-refractivity contribution in [1.82, 2.24) is 5.16 Å². The number of rotatable bonds is 2. The number of anilines is 1. The maximum atomic E-state index is 5.18. The Morgan fingerprint density at radius 1 is 1.37 bits per heavy atom. The number of benzene rings is 1. The van der Waals surface area contributed by atoms with Gasteiger partial charge in [-0.3, -0.25) is 0 Å². The van der Waals surface area contributed by atoms with Gasteiger partial charge in [0.2, 0.25) is 0 Å². The number of nitrogens with zero attached hydrogens (tertiary/aromatic N) is 1. The summed E-state index contributed by atoms with van der Waals surface area (Å²) < 4.78 is 5.18. The van der Waals surface area contributed by atoms with Crippen LogP contribution in [0.2, 0.25) is 0 Å². The second-order valence-corrected chi connectivity index (χ2v) is 5.67. The van der Waals surface area contributed by atoms with E-state index in [1.165, 1.54) is 29.5 Å². The second kappa shape index (κ2) is 4.41. The molecule has 19 heavy (non-hydrogen) atoms. The molecule has 3 rings (SSSR count). The average Bonchev–Trinajstić information content (AvgIpc) is 2.87. The third-order valence-electron chi connectivity index (χ3n) is 4.34. The molecule has 1 aliphatic carbocycles. The van der Waals surface area contributed by atoms with Crippen molar-refractivity contribution >= 4 is 5.69 Å². The van der Waals surface area contributed by atoms with E-state index in [0.717, 1.165) is 17.8 Å². The van der Waals surface area contributed by atoms with Crippen molar-refractivity contribution in [1.29, 1.82) is 0 Å². The van der Waals surface area contributed by atoms with E-state index in [4.69, 9.17) is 4.52 Å². The molecule has 2 aromatic rings. The zero-order valence-electron chi connectivity index (χ0n) is 11.8. The normalized spacial score (nSPS) is 22.1. The van der Waals surface area contributed by atoms with Crippen LogP contribution in [-0.4, -0.2) is 12.2 Å². The second-order valence-electron chi connectivity index (χ2n) is 5.67. The van der Waals surface area contributed by atoms with Crippen molar-refractivity contribution in [3.05, 3.63) is 46.8 Å². The van der Waals surface area contributed by atoms with Gasteiger partial charge in [-0.2, -0.15) is 0 Å². The van der Waals surface area contributed by atoms with Gasteiger partial charge in [0.1, 0.15) is 12.0 Å². The molecule has 0 saturated heterocycles. The van der Waals surface area contributed by atoms with Crippen molar-refractivity contribution in [2.45, 2.75) is 38.5 Å². The van der Waals surface area contributed by atoms with Gasteiger partial charge in [-0.15, -0.1) is 0 Å². The molecule has 0 fully saturated rings. The predicted octanol–water partition coefficient (Wildman–Crippen LogP) is 3.67. The lowest BCUT2D eigenvalue weighted by molar-refractivity contribution is 0.376. The van der Waals surface area contributed by atoms with Gasteiger partial charge in [0, 0.05) is 12.5 Å². The number of hydrogen-bond donors (Lipinski definition) is 1. The molecule has 0 amide bonds. The molecule has 1 unspecified atom stereocenters. The van der Waals surface area contributed by atoms with E-state index in [2.05, 4.69) is 42.5 Å². The zero-order valence-corrected chi connectivity index (χ0v) is 11.8. The third kappa shape index (κ3) is 1.84. The molecule has 1 heterocycles. The molecule has 3 heteroatoms. The van der Waals surface area contributed by atoms with Gasteiger partial charge in [-0.1, -0.05) is 28.9 Å². The summed E-state index contributed by atoms with van der Waals surface area (Å²) in [5, 5.41) is 7.45. The summed E-state index contributed by atoms with van der Waals surface area (Å²) in [5.41, 5.74) is 6.16. The SMILES string of the molecule is CNc1conc1C1(C)CCCc2cc(C)ccc21. The summed E-state index contributed by atoms with van der Waals surface area (Å²) in [4.78, 5) is 0.